The maximum absolute atomic E-state index is 11.8. The van der Waals surface area contributed by atoms with E-state index >= 15 is 0 Å². The largest absolute Gasteiger partial charge is 0.480 e. The fraction of sp³-hybridized carbons (Fsp3) is 0.273. The molecule has 0 fully saturated rings. The number of nitrogens with zero attached hydrogens (tertiary/aromatic N) is 1. The lowest BCUT2D eigenvalue weighted by Crippen LogP contribution is -2.43. The van der Waals surface area contributed by atoms with Gasteiger partial charge in [0.25, 0.3) is 11.6 Å². The zero-order valence-corrected chi connectivity index (χ0v) is 9.99. The first-order valence-electron chi connectivity index (χ1n) is 5.26. The number of nitro groups is 1. The molecule has 102 valence electrons. The van der Waals surface area contributed by atoms with E-state index in [0.29, 0.717) is 5.56 Å². The summed E-state index contributed by atoms with van der Waals surface area (Å²) in [5.41, 5.74) is 0.296. The Balaban J connectivity index is 2.94. The molecule has 0 spiro atoms. The summed E-state index contributed by atoms with van der Waals surface area (Å²) in [7, 11) is 0. The van der Waals surface area contributed by atoms with Gasteiger partial charge in [-0.15, -0.1) is 0 Å². The predicted molar refractivity (Wildman–Crippen MR) is 63.8 cm³/mol. The van der Waals surface area contributed by atoms with Gasteiger partial charge in [0.2, 0.25) is 0 Å². The third kappa shape index (κ3) is 3.49. The van der Waals surface area contributed by atoms with Crippen LogP contribution in [-0.2, 0) is 4.79 Å². The summed E-state index contributed by atoms with van der Waals surface area (Å²) in [6, 6.07) is 2.18. The highest BCUT2D eigenvalue weighted by Crippen LogP contribution is 2.17. The highest BCUT2D eigenvalue weighted by atomic mass is 16.6. The molecule has 1 aromatic carbocycles. The number of benzene rings is 1. The Morgan fingerprint density at radius 2 is 2.11 bits per heavy atom. The number of carbonyl (C=O) groups is 2. The SMILES string of the molecule is Cc1cc([N+](=O)[O-])ccc1C(=O)N[C@H](CO)C(=O)O. The summed E-state index contributed by atoms with van der Waals surface area (Å²) in [6.07, 6.45) is 0. The molecule has 1 atom stereocenters. The Morgan fingerprint density at radius 3 is 2.53 bits per heavy atom. The Kier molecular flexibility index (Phi) is 4.54. The number of nitro benzene ring substituents is 1. The van der Waals surface area contributed by atoms with Crippen LogP contribution < -0.4 is 5.32 Å². The number of carboxylic acid groups (broad SMARTS) is 1. The molecule has 0 aliphatic heterocycles. The van der Waals surface area contributed by atoms with E-state index in [4.69, 9.17) is 10.2 Å². The highest BCUT2D eigenvalue weighted by molar-refractivity contribution is 5.98. The molecule has 0 aliphatic carbocycles. The fourth-order valence-electron chi connectivity index (χ4n) is 1.44. The van der Waals surface area contributed by atoms with Crippen LogP contribution in [0, 0.1) is 17.0 Å². The molecule has 1 rings (SSSR count). The van der Waals surface area contributed by atoms with Gasteiger partial charge in [0.05, 0.1) is 11.5 Å². The Morgan fingerprint density at radius 1 is 1.47 bits per heavy atom. The minimum Gasteiger partial charge on any atom is -0.480 e. The van der Waals surface area contributed by atoms with Crippen LogP contribution in [0.5, 0.6) is 0 Å². The van der Waals surface area contributed by atoms with Gasteiger partial charge in [0.1, 0.15) is 0 Å². The second-order valence-corrected chi connectivity index (χ2v) is 3.80. The molecule has 0 radical (unpaired) electrons. The van der Waals surface area contributed by atoms with Crippen LogP contribution in [0.15, 0.2) is 18.2 Å². The smallest absolute Gasteiger partial charge is 0.328 e. The second kappa shape index (κ2) is 5.91. The number of hydrogen-bond donors (Lipinski definition) is 3. The van der Waals surface area contributed by atoms with E-state index in [1.54, 1.807) is 0 Å². The van der Waals surface area contributed by atoms with E-state index in [9.17, 15) is 19.7 Å². The van der Waals surface area contributed by atoms with Gasteiger partial charge in [-0.05, 0) is 18.6 Å². The van der Waals surface area contributed by atoms with Crippen LogP contribution in [0.1, 0.15) is 15.9 Å². The molecule has 0 heterocycles. The molecular weight excluding hydrogens is 256 g/mol. The van der Waals surface area contributed by atoms with Gasteiger partial charge >= 0.3 is 5.97 Å². The van der Waals surface area contributed by atoms with Gasteiger partial charge in [-0.3, -0.25) is 14.9 Å². The molecule has 0 aliphatic rings. The average Bonchev–Trinajstić information content (AvgIpc) is 2.34. The molecule has 8 nitrogen and oxygen atoms in total. The molecule has 3 N–H and O–H groups in total. The van der Waals surface area contributed by atoms with Crippen molar-refractivity contribution >= 4 is 17.6 Å². The van der Waals surface area contributed by atoms with Gasteiger partial charge in [0, 0.05) is 17.7 Å². The Labute approximate surface area is 107 Å². The van der Waals surface area contributed by atoms with Crippen LogP contribution in [-0.4, -0.2) is 39.7 Å². The van der Waals surface area contributed by atoms with Crippen molar-refractivity contribution in [1.82, 2.24) is 5.32 Å². The van der Waals surface area contributed by atoms with Gasteiger partial charge in [-0.2, -0.15) is 0 Å². The number of aliphatic carboxylic acids is 1. The summed E-state index contributed by atoms with van der Waals surface area (Å²) >= 11 is 0. The number of rotatable bonds is 5. The summed E-state index contributed by atoms with van der Waals surface area (Å²) < 4.78 is 0. The molecule has 0 unspecified atom stereocenters. The molecule has 0 saturated carbocycles. The minimum absolute atomic E-state index is 0.116. The molecule has 19 heavy (non-hydrogen) atoms. The lowest BCUT2D eigenvalue weighted by atomic mass is 10.1. The average molecular weight is 268 g/mol. The number of aliphatic hydroxyl groups is 1. The number of hydrogen-bond acceptors (Lipinski definition) is 5. The first kappa shape index (κ1) is 14.6. The first-order chi connectivity index (χ1) is 8.86. The fourth-order valence-corrected chi connectivity index (χ4v) is 1.44. The number of nitrogens with one attached hydrogen (secondary N) is 1. The predicted octanol–water partition coefficient (Wildman–Crippen LogP) is 0.0785. The van der Waals surface area contributed by atoms with Crippen molar-refractivity contribution in [1.29, 1.82) is 0 Å². The zero-order chi connectivity index (χ0) is 14.6. The van der Waals surface area contributed by atoms with Crippen molar-refractivity contribution in [3.63, 3.8) is 0 Å². The van der Waals surface area contributed by atoms with Gasteiger partial charge in [0.15, 0.2) is 6.04 Å². The third-order valence-electron chi connectivity index (χ3n) is 2.45. The number of non-ortho nitro benzene ring substituents is 1. The van der Waals surface area contributed by atoms with Crippen molar-refractivity contribution in [2.45, 2.75) is 13.0 Å². The third-order valence-corrected chi connectivity index (χ3v) is 2.45. The van der Waals surface area contributed by atoms with E-state index < -0.39 is 29.4 Å². The number of carboxylic acids is 1. The van der Waals surface area contributed by atoms with E-state index in [-0.39, 0.29) is 11.3 Å². The monoisotopic (exact) mass is 268 g/mol. The molecule has 8 heteroatoms. The first-order valence-corrected chi connectivity index (χ1v) is 5.26. The van der Waals surface area contributed by atoms with E-state index in [1.807, 2.05) is 0 Å². The zero-order valence-electron chi connectivity index (χ0n) is 9.99. The van der Waals surface area contributed by atoms with Gasteiger partial charge in [-0.25, -0.2) is 4.79 Å². The molecule has 0 saturated heterocycles. The van der Waals surface area contributed by atoms with Crippen molar-refractivity contribution < 1.29 is 24.7 Å². The lowest BCUT2D eigenvalue weighted by Gasteiger charge is -2.12. The number of aliphatic hydroxyl groups excluding tert-OH is 1. The maximum Gasteiger partial charge on any atom is 0.328 e. The van der Waals surface area contributed by atoms with Crippen molar-refractivity contribution in [2.24, 2.45) is 0 Å². The van der Waals surface area contributed by atoms with Crippen molar-refractivity contribution in [3.05, 3.63) is 39.4 Å². The van der Waals surface area contributed by atoms with Gasteiger partial charge < -0.3 is 15.5 Å². The van der Waals surface area contributed by atoms with E-state index in [0.717, 1.165) is 6.07 Å². The Hall–Kier alpha value is -2.48. The number of amides is 1. The van der Waals surface area contributed by atoms with Gasteiger partial charge in [-0.1, -0.05) is 0 Å². The summed E-state index contributed by atoms with van der Waals surface area (Å²) in [5, 5.41) is 30.1. The molecule has 1 amide bonds. The Bertz CT molecular complexity index is 528. The van der Waals surface area contributed by atoms with Crippen LogP contribution >= 0.6 is 0 Å². The highest BCUT2D eigenvalue weighted by Gasteiger charge is 2.21. The molecule has 1 aromatic rings. The van der Waals surface area contributed by atoms with Crippen molar-refractivity contribution in [2.75, 3.05) is 6.61 Å². The summed E-state index contributed by atoms with van der Waals surface area (Å²) in [4.78, 5) is 32.4. The number of aryl methyl sites for hydroxylation is 1. The molecule has 0 aromatic heterocycles. The molecule has 0 bridgehead atoms. The second-order valence-electron chi connectivity index (χ2n) is 3.80. The van der Waals surface area contributed by atoms with E-state index in [2.05, 4.69) is 5.32 Å². The van der Waals surface area contributed by atoms with Crippen LogP contribution in [0.2, 0.25) is 0 Å². The van der Waals surface area contributed by atoms with Crippen LogP contribution in [0.25, 0.3) is 0 Å². The topological polar surface area (TPSA) is 130 Å². The molecular formula is C11H12N2O6. The summed E-state index contributed by atoms with van der Waals surface area (Å²) in [5.74, 6) is -2.08. The number of carbonyl (C=O) groups excluding carboxylic acids is 1. The normalized spacial score (nSPS) is 11.7. The maximum atomic E-state index is 11.8. The minimum atomic E-state index is -1.41. The quantitative estimate of drug-likeness (QED) is 0.512. The van der Waals surface area contributed by atoms with E-state index in [1.165, 1.54) is 19.1 Å². The standard InChI is InChI=1S/C11H12N2O6/c1-6-4-7(13(18)19)2-3-8(6)10(15)12-9(5-14)11(16)17/h2-4,9,14H,5H2,1H3,(H,12,15)(H,16,17)/t9-/m1/s1. The van der Waals surface area contributed by atoms with Crippen LogP contribution in [0.4, 0.5) is 5.69 Å². The summed E-state index contributed by atoms with van der Waals surface area (Å²) in [6.45, 7) is 0.754. The van der Waals surface area contributed by atoms with Crippen molar-refractivity contribution in [3.8, 4) is 0 Å². The van der Waals surface area contributed by atoms with Crippen LogP contribution in [0.3, 0.4) is 0 Å². The lowest BCUT2D eigenvalue weighted by molar-refractivity contribution is -0.384.